The van der Waals surface area contributed by atoms with Crippen LogP contribution in [0.4, 0.5) is 0 Å². The fourth-order valence-corrected chi connectivity index (χ4v) is 1.19. The van der Waals surface area contributed by atoms with Crippen molar-refractivity contribution in [2.75, 3.05) is 12.8 Å². The van der Waals surface area contributed by atoms with E-state index >= 15 is 0 Å². The summed E-state index contributed by atoms with van der Waals surface area (Å²) in [5, 5.41) is 1.12. The van der Waals surface area contributed by atoms with Crippen molar-refractivity contribution in [3.05, 3.63) is 0 Å². The molecule has 0 spiro atoms. The monoisotopic (exact) mass is 188 g/mol. The van der Waals surface area contributed by atoms with Crippen LogP contribution in [0.2, 0.25) is 0 Å². The highest BCUT2D eigenvalue weighted by Crippen LogP contribution is 2.04. The van der Waals surface area contributed by atoms with Crippen LogP contribution >= 0.6 is 11.8 Å². The van der Waals surface area contributed by atoms with Gasteiger partial charge in [0.25, 0.3) is 0 Å². The summed E-state index contributed by atoms with van der Waals surface area (Å²) >= 11 is 1.68. The topological polar surface area (TPSA) is 38.4 Å². The molecule has 1 atom stereocenters. The maximum absolute atomic E-state index is 5.86. The molecule has 0 saturated heterocycles. The lowest BCUT2D eigenvalue weighted by atomic mass is 10.1. The third kappa shape index (κ3) is 6.68. The largest absolute Gasteiger partial charge is 0.326 e. The molecule has 0 aromatic heterocycles. The van der Waals surface area contributed by atoms with Gasteiger partial charge in [0, 0.05) is 6.04 Å². The highest BCUT2D eigenvalue weighted by Gasteiger charge is 2.03. The van der Waals surface area contributed by atoms with Gasteiger partial charge in [-0.1, -0.05) is 13.8 Å². The molecule has 0 saturated carbocycles. The van der Waals surface area contributed by atoms with Gasteiger partial charge >= 0.3 is 0 Å². The van der Waals surface area contributed by atoms with Gasteiger partial charge in [0.1, 0.15) is 0 Å². The Morgan fingerprint density at radius 1 is 1.50 bits per heavy atom. The maximum Gasteiger partial charge on any atom is 0.0642 e. The summed E-state index contributed by atoms with van der Waals surface area (Å²) in [5.41, 5.74) is 5.86. The van der Waals surface area contributed by atoms with E-state index in [1.165, 1.54) is 0 Å². The van der Waals surface area contributed by atoms with Gasteiger partial charge in [0.15, 0.2) is 0 Å². The zero-order valence-corrected chi connectivity index (χ0v) is 9.32. The van der Waals surface area contributed by atoms with Crippen molar-refractivity contribution in [3.63, 3.8) is 0 Å². The first-order chi connectivity index (χ1) is 5.56. The second-order valence-electron chi connectivity index (χ2n) is 3.45. The second kappa shape index (κ2) is 6.49. The molecule has 0 aromatic rings. The fourth-order valence-electron chi connectivity index (χ4n) is 0.990. The van der Waals surface area contributed by atoms with Crippen LogP contribution in [0.25, 0.3) is 0 Å². The first kappa shape index (κ1) is 12.0. The molecule has 3 heteroatoms. The van der Waals surface area contributed by atoms with E-state index in [9.17, 15) is 0 Å². The Morgan fingerprint density at radius 3 is 2.50 bits per heavy atom. The van der Waals surface area contributed by atoms with Crippen LogP contribution in [0.5, 0.6) is 0 Å². The van der Waals surface area contributed by atoms with E-state index in [-0.39, 0.29) is 6.04 Å². The summed E-state index contributed by atoms with van der Waals surface area (Å²) in [6.45, 7) is 7.16. The SMILES string of the molecule is CS/C(C)=N\CC(N)CC(C)C. The van der Waals surface area contributed by atoms with Gasteiger partial charge in [-0.2, -0.15) is 0 Å². The predicted octanol–water partition coefficient (Wildman–Crippen LogP) is 2.14. The molecule has 12 heavy (non-hydrogen) atoms. The van der Waals surface area contributed by atoms with Crippen LogP contribution < -0.4 is 5.73 Å². The molecule has 0 aliphatic carbocycles. The summed E-state index contributed by atoms with van der Waals surface area (Å²) in [5.74, 6) is 0.671. The van der Waals surface area contributed by atoms with Crippen LogP contribution in [-0.4, -0.2) is 23.9 Å². The van der Waals surface area contributed by atoms with E-state index in [2.05, 4.69) is 18.8 Å². The number of hydrogen-bond donors (Lipinski definition) is 1. The van der Waals surface area contributed by atoms with Gasteiger partial charge in [-0.3, -0.25) is 4.99 Å². The number of nitrogens with two attached hydrogens (primary N) is 1. The molecule has 72 valence electrons. The molecule has 0 fully saturated rings. The zero-order valence-electron chi connectivity index (χ0n) is 8.50. The summed E-state index contributed by atoms with van der Waals surface area (Å²) < 4.78 is 0. The Hall–Kier alpha value is -0.0200. The first-order valence-corrected chi connectivity index (χ1v) is 5.59. The molecular formula is C9H20N2S. The van der Waals surface area contributed by atoms with Gasteiger partial charge < -0.3 is 5.73 Å². The summed E-state index contributed by atoms with van der Waals surface area (Å²) in [4.78, 5) is 4.35. The molecule has 0 amide bonds. The molecule has 2 N–H and O–H groups in total. The third-order valence-electron chi connectivity index (χ3n) is 1.62. The molecule has 0 bridgehead atoms. The molecule has 0 aliphatic rings. The van der Waals surface area contributed by atoms with Crippen molar-refractivity contribution in [1.82, 2.24) is 0 Å². The second-order valence-corrected chi connectivity index (χ2v) is 4.45. The molecule has 1 unspecified atom stereocenters. The van der Waals surface area contributed by atoms with Crippen LogP contribution in [0.3, 0.4) is 0 Å². The van der Waals surface area contributed by atoms with Crippen LogP contribution in [0.15, 0.2) is 4.99 Å². The number of hydrogen-bond acceptors (Lipinski definition) is 3. The molecule has 0 heterocycles. The summed E-state index contributed by atoms with van der Waals surface area (Å²) in [6, 6.07) is 0.229. The zero-order chi connectivity index (χ0) is 9.56. The number of nitrogens with zero attached hydrogens (tertiary/aromatic N) is 1. The van der Waals surface area contributed by atoms with E-state index < -0.39 is 0 Å². The highest BCUT2D eigenvalue weighted by atomic mass is 32.2. The van der Waals surface area contributed by atoms with Crippen molar-refractivity contribution in [2.24, 2.45) is 16.6 Å². The molecular weight excluding hydrogens is 168 g/mol. The molecule has 0 aromatic carbocycles. The first-order valence-electron chi connectivity index (χ1n) is 4.36. The minimum atomic E-state index is 0.229. The van der Waals surface area contributed by atoms with Crippen molar-refractivity contribution < 1.29 is 0 Å². The van der Waals surface area contributed by atoms with Crippen molar-refractivity contribution in [3.8, 4) is 0 Å². The molecule has 2 nitrogen and oxygen atoms in total. The van der Waals surface area contributed by atoms with Gasteiger partial charge in [0.2, 0.25) is 0 Å². The Labute approximate surface area is 80.0 Å². The quantitative estimate of drug-likeness (QED) is 0.542. The lowest BCUT2D eigenvalue weighted by molar-refractivity contribution is 0.502. The van der Waals surface area contributed by atoms with E-state index in [1.807, 2.05) is 13.2 Å². The Morgan fingerprint density at radius 2 is 2.08 bits per heavy atom. The minimum absolute atomic E-state index is 0.229. The average molecular weight is 188 g/mol. The maximum atomic E-state index is 5.86. The standard InChI is InChI=1S/C9H20N2S/c1-7(2)5-9(10)6-11-8(3)12-4/h7,9H,5-6,10H2,1-4H3/b11-8-. The Kier molecular flexibility index (Phi) is 6.48. The van der Waals surface area contributed by atoms with E-state index in [0.29, 0.717) is 5.92 Å². The van der Waals surface area contributed by atoms with Crippen LogP contribution in [0.1, 0.15) is 27.2 Å². The number of thioether (sulfide) groups is 1. The molecule has 0 radical (unpaired) electrons. The van der Waals surface area contributed by atoms with Crippen LogP contribution in [-0.2, 0) is 0 Å². The van der Waals surface area contributed by atoms with Gasteiger partial charge in [-0.15, -0.1) is 11.8 Å². The van der Waals surface area contributed by atoms with Crippen molar-refractivity contribution in [2.45, 2.75) is 33.2 Å². The van der Waals surface area contributed by atoms with Gasteiger partial charge in [-0.05, 0) is 25.5 Å². The fraction of sp³-hybridized carbons (Fsp3) is 0.889. The van der Waals surface area contributed by atoms with E-state index in [4.69, 9.17) is 5.73 Å². The Balaban J connectivity index is 3.62. The third-order valence-corrected chi connectivity index (χ3v) is 2.34. The Bertz CT molecular complexity index is 143. The van der Waals surface area contributed by atoms with E-state index in [0.717, 1.165) is 18.0 Å². The number of aliphatic imine (C=N–C) groups is 1. The number of rotatable bonds is 4. The van der Waals surface area contributed by atoms with Crippen molar-refractivity contribution >= 4 is 16.8 Å². The lowest BCUT2D eigenvalue weighted by Crippen LogP contribution is -2.25. The smallest absolute Gasteiger partial charge is 0.0642 e. The van der Waals surface area contributed by atoms with E-state index in [1.54, 1.807) is 11.8 Å². The predicted molar refractivity (Wildman–Crippen MR) is 58.9 cm³/mol. The molecule has 0 aliphatic heterocycles. The average Bonchev–Trinajstić information content (AvgIpc) is 1.99. The van der Waals surface area contributed by atoms with Gasteiger partial charge in [-0.25, -0.2) is 0 Å². The molecule has 0 rings (SSSR count). The summed E-state index contributed by atoms with van der Waals surface area (Å²) in [7, 11) is 0. The van der Waals surface area contributed by atoms with Gasteiger partial charge in [0.05, 0.1) is 11.6 Å². The van der Waals surface area contributed by atoms with Crippen molar-refractivity contribution in [1.29, 1.82) is 0 Å². The highest BCUT2D eigenvalue weighted by molar-refractivity contribution is 8.13. The van der Waals surface area contributed by atoms with Crippen LogP contribution in [0, 0.1) is 5.92 Å². The lowest BCUT2D eigenvalue weighted by Gasteiger charge is -2.11. The normalized spacial score (nSPS) is 15.3. The summed E-state index contributed by atoms with van der Waals surface area (Å²) in [6.07, 6.45) is 3.10. The minimum Gasteiger partial charge on any atom is -0.326 e.